The third-order valence-electron chi connectivity index (χ3n) is 3.88. The SMILES string of the molecule is COc1cc(F)c(NC(=O)[C@@H]2[C@H](C(=O)O)C2(C)C)cc1F. The molecule has 0 heterocycles. The average molecular weight is 299 g/mol. The van der Waals surface area contributed by atoms with Gasteiger partial charge in [-0.3, -0.25) is 9.59 Å². The van der Waals surface area contributed by atoms with Crippen molar-refractivity contribution in [2.75, 3.05) is 12.4 Å². The summed E-state index contributed by atoms with van der Waals surface area (Å²) in [6.07, 6.45) is 0. The van der Waals surface area contributed by atoms with Gasteiger partial charge in [0.1, 0.15) is 0 Å². The Kier molecular flexibility index (Phi) is 3.61. The number of aliphatic carboxylic acids is 1. The van der Waals surface area contributed by atoms with Gasteiger partial charge in [0.05, 0.1) is 24.6 Å². The van der Waals surface area contributed by atoms with Crippen LogP contribution < -0.4 is 10.1 Å². The Morgan fingerprint density at radius 1 is 1.24 bits per heavy atom. The average Bonchev–Trinajstić information content (AvgIpc) is 2.96. The van der Waals surface area contributed by atoms with E-state index in [0.717, 1.165) is 12.1 Å². The molecule has 0 aliphatic heterocycles. The van der Waals surface area contributed by atoms with Crippen molar-refractivity contribution in [3.63, 3.8) is 0 Å². The van der Waals surface area contributed by atoms with E-state index >= 15 is 0 Å². The Hall–Kier alpha value is -2.18. The van der Waals surface area contributed by atoms with Crippen LogP contribution >= 0.6 is 0 Å². The van der Waals surface area contributed by atoms with Gasteiger partial charge in [-0.15, -0.1) is 0 Å². The van der Waals surface area contributed by atoms with E-state index in [4.69, 9.17) is 5.11 Å². The summed E-state index contributed by atoms with van der Waals surface area (Å²) in [7, 11) is 1.19. The number of carbonyl (C=O) groups excluding carboxylic acids is 1. The topological polar surface area (TPSA) is 75.6 Å². The van der Waals surface area contributed by atoms with Crippen molar-refractivity contribution in [3.05, 3.63) is 23.8 Å². The van der Waals surface area contributed by atoms with Crippen LogP contribution in [0.3, 0.4) is 0 Å². The normalized spacial score (nSPS) is 22.5. The van der Waals surface area contributed by atoms with Gasteiger partial charge in [-0.05, 0) is 5.41 Å². The van der Waals surface area contributed by atoms with Gasteiger partial charge in [0.2, 0.25) is 5.91 Å². The van der Waals surface area contributed by atoms with Crippen molar-refractivity contribution < 1.29 is 28.2 Å². The van der Waals surface area contributed by atoms with Crippen LogP contribution in [-0.2, 0) is 9.59 Å². The molecule has 1 aromatic rings. The first-order valence-corrected chi connectivity index (χ1v) is 6.26. The molecular formula is C14H15F2NO4. The molecule has 114 valence electrons. The van der Waals surface area contributed by atoms with E-state index in [1.807, 2.05) is 0 Å². The fraction of sp³-hybridized carbons (Fsp3) is 0.429. The van der Waals surface area contributed by atoms with Crippen molar-refractivity contribution >= 4 is 17.6 Å². The summed E-state index contributed by atoms with van der Waals surface area (Å²) in [5, 5.41) is 11.2. The Bertz CT molecular complexity index is 615. The lowest BCUT2D eigenvalue weighted by molar-refractivity contribution is -0.140. The summed E-state index contributed by atoms with van der Waals surface area (Å²) in [6.45, 7) is 3.28. The summed E-state index contributed by atoms with van der Waals surface area (Å²) in [6, 6.07) is 1.62. The number of halogens is 2. The zero-order valence-electron chi connectivity index (χ0n) is 11.7. The first-order chi connectivity index (χ1) is 9.70. The molecule has 5 nitrogen and oxygen atoms in total. The molecule has 1 aromatic carbocycles. The van der Waals surface area contributed by atoms with Gasteiger partial charge in [0, 0.05) is 12.1 Å². The number of hydrogen-bond donors (Lipinski definition) is 2. The highest BCUT2D eigenvalue weighted by atomic mass is 19.1. The highest BCUT2D eigenvalue weighted by molar-refractivity contribution is 5.99. The highest BCUT2D eigenvalue weighted by Gasteiger charge is 2.65. The van der Waals surface area contributed by atoms with E-state index in [1.54, 1.807) is 13.8 Å². The zero-order chi connectivity index (χ0) is 15.9. The number of methoxy groups -OCH3 is 1. The molecule has 1 aliphatic rings. The Balaban J connectivity index is 2.18. The van der Waals surface area contributed by atoms with Crippen LogP contribution in [0.1, 0.15) is 13.8 Å². The molecule has 0 spiro atoms. The molecule has 1 amide bonds. The van der Waals surface area contributed by atoms with Crippen LogP contribution in [0.4, 0.5) is 14.5 Å². The Morgan fingerprint density at radius 2 is 1.86 bits per heavy atom. The molecule has 2 atom stereocenters. The first-order valence-electron chi connectivity index (χ1n) is 6.26. The number of carboxylic acids is 1. The number of anilines is 1. The molecule has 1 fully saturated rings. The maximum absolute atomic E-state index is 13.7. The van der Waals surface area contributed by atoms with E-state index < -0.39 is 40.8 Å². The van der Waals surface area contributed by atoms with Gasteiger partial charge in [-0.2, -0.15) is 0 Å². The predicted molar refractivity (Wildman–Crippen MR) is 69.9 cm³/mol. The summed E-state index contributed by atoms with van der Waals surface area (Å²) in [5.41, 5.74) is -1.05. The van der Waals surface area contributed by atoms with Gasteiger partial charge in [-0.25, -0.2) is 8.78 Å². The smallest absolute Gasteiger partial charge is 0.307 e. The maximum Gasteiger partial charge on any atom is 0.307 e. The fourth-order valence-corrected chi connectivity index (χ4v) is 2.58. The second-order valence-electron chi connectivity index (χ2n) is 5.57. The minimum atomic E-state index is -1.08. The molecule has 0 saturated heterocycles. The van der Waals surface area contributed by atoms with Crippen molar-refractivity contribution in [1.82, 2.24) is 0 Å². The summed E-state index contributed by atoms with van der Waals surface area (Å²) in [5.74, 6) is -5.28. The highest BCUT2D eigenvalue weighted by Crippen LogP contribution is 2.58. The van der Waals surface area contributed by atoms with E-state index in [9.17, 15) is 18.4 Å². The second-order valence-corrected chi connectivity index (χ2v) is 5.57. The van der Waals surface area contributed by atoms with Crippen molar-refractivity contribution in [1.29, 1.82) is 0 Å². The summed E-state index contributed by atoms with van der Waals surface area (Å²) >= 11 is 0. The van der Waals surface area contributed by atoms with Gasteiger partial charge in [0.15, 0.2) is 17.4 Å². The van der Waals surface area contributed by atoms with Gasteiger partial charge in [0.25, 0.3) is 0 Å². The molecule has 2 N–H and O–H groups in total. The lowest BCUT2D eigenvalue weighted by Gasteiger charge is -2.09. The van der Waals surface area contributed by atoms with Crippen LogP contribution in [0.5, 0.6) is 5.75 Å². The molecule has 1 saturated carbocycles. The number of amides is 1. The predicted octanol–water partition coefficient (Wildman–Crippen LogP) is 2.27. The van der Waals surface area contributed by atoms with Gasteiger partial charge in [-0.1, -0.05) is 13.8 Å². The second kappa shape index (κ2) is 4.98. The van der Waals surface area contributed by atoms with E-state index in [1.165, 1.54) is 7.11 Å². The van der Waals surface area contributed by atoms with E-state index in [0.29, 0.717) is 0 Å². The maximum atomic E-state index is 13.7. The van der Waals surface area contributed by atoms with Crippen molar-refractivity contribution in [2.24, 2.45) is 17.3 Å². The third-order valence-corrected chi connectivity index (χ3v) is 3.88. The van der Waals surface area contributed by atoms with Crippen LogP contribution in [-0.4, -0.2) is 24.1 Å². The standard InChI is InChI=1S/C14H15F2NO4/c1-14(2)10(11(14)13(19)20)12(18)17-8-4-7(16)9(21-3)5-6(8)15/h4-5,10-11H,1-3H3,(H,17,18)(H,19,20)/t10-,11+/m0/s1. The number of benzene rings is 1. The van der Waals surface area contributed by atoms with E-state index in [-0.39, 0.29) is 11.4 Å². The minimum Gasteiger partial charge on any atom is -0.494 e. The summed E-state index contributed by atoms with van der Waals surface area (Å²) in [4.78, 5) is 23.0. The Morgan fingerprint density at radius 3 is 2.33 bits per heavy atom. The summed E-state index contributed by atoms with van der Waals surface area (Å²) < 4.78 is 31.9. The molecule has 0 aromatic heterocycles. The quantitative estimate of drug-likeness (QED) is 0.894. The molecule has 21 heavy (non-hydrogen) atoms. The molecule has 0 bridgehead atoms. The number of rotatable bonds is 4. The van der Waals surface area contributed by atoms with Crippen molar-refractivity contribution in [3.8, 4) is 5.75 Å². The van der Waals surface area contributed by atoms with Gasteiger partial charge >= 0.3 is 5.97 Å². The molecule has 2 rings (SSSR count). The largest absolute Gasteiger partial charge is 0.494 e. The molecule has 0 radical (unpaired) electrons. The molecule has 7 heteroatoms. The number of ether oxygens (including phenoxy) is 1. The monoisotopic (exact) mass is 299 g/mol. The fourth-order valence-electron chi connectivity index (χ4n) is 2.58. The first kappa shape index (κ1) is 15.2. The number of nitrogens with one attached hydrogen (secondary N) is 1. The van der Waals surface area contributed by atoms with Crippen LogP contribution in [0.2, 0.25) is 0 Å². The lowest BCUT2D eigenvalue weighted by Crippen LogP contribution is -2.18. The number of carbonyl (C=O) groups is 2. The van der Waals surface area contributed by atoms with Gasteiger partial charge < -0.3 is 15.2 Å². The molecular weight excluding hydrogens is 284 g/mol. The Labute approximate surface area is 119 Å². The minimum absolute atomic E-state index is 0.277. The third kappa shape index (κ3) is 2.55. The van der Waals surface area contributed by atoms with E-state index in [2.05, 4.69) is 10.1 Å². The van der Waals surface area contributed by atoms with Crippen molar-refractivity contribution in [2.45, 2.75) is 13.8 Å². The molecule has 0 unspecified atom stereocenters. The molecule has 1 aliphatic carbocycles. The van der Waals surface area contributed by atoms with Crippen LogP contribution in [0.25, 0.3) is 0 Å². The lowest BCUT2D eigenvalue weighted by atomic mass is 10.1. The zero-order valence-corrected chi connectivity index (χ0v) is 11.7. The van der Waals surface area contributed by atoms with Crippen LogP contribution in [0, 0.1) is 28.9 Å². The number of hydrogen-bond acceptors (Lipinski definition) is 3. The van der Waals surface area contributed by atoms with Crippen LogP contribution in [0.15, 0.2) is 12.1 Å². The number of carboxylic acid groups (broad SMARTS) is 1.